The molecule has 0 saturated carbocycles. The maximum Gasteiger partial charge on any atom is 0.211 e. The lowest BCUT2D eigenvalue weighted by atomic mass is 10.1. The van der Waals surface area contributed by atoms with Crippen molar-refractivity contribution in [3.05, 3.63) is 100 Å². The van der Waals surface area contributed by atoms with Crippen LogP contribution < -0.4 is 11.1 Å². The molecule has 4 aromatic rings. The summed E-state index contributed by atoms with van der Waals surface area (Å²) in [6.07, 6.45) is 0.728. The van der Waals surface area contributed by atoms with Crippen LogP contribution in [0.4, 0.5) is 20.8 Å². The Kier molecular flexibility index (Phi) is 6.54. The molecule has 8 heteroatoms. The van der Waals surface area contributed by atoms with Crippen LogP contribution in [-0.4, -0.2) is 14.2 Å². The van der Waals surface area contributed by atoms with E-state index in [2.05, 4.69) is 5.32 Å². The quantitative estimate of drug-likeness (QED) is 0.301. The zero-order valence-electron chi connectivity index (χ0n) is 18.6. The van der Waals surface area contributed by atoms with Crippen molar-refractivity contribution >= 4 is 43.3 Å². The average molecular weight is 495 g/mol. The number of carbonyl (C=O) groups excluding carboxylic acids is 1. The largest absolute Gasteiger partial charge is 0.396 e. The number of nitrogens with two attached hydrogens (primary N) is 1. The van der Waals surface area contributed by atoms with E-state index >= 15 is 0 Å². The molecule has 0 aliphatic carbocycles. The van der Waals surface area contributed by atoms with E-state index in [4.69, 9.17) is 5.73 Å². The molecule has 0 aliphatic rings. The predicted octanol–water partition coefficient (Wildman–Crippen LogP) is 6.15. The molecular weight excluding hydrogens is 471 g/mol. The average Bonchev–Trinajstić information content (AvgIpc) is 3.16. The standard InChI is InChI=1S/C26H23FN2O3S2/c1-3-17-6-4-5-7-21(17)29-26-25(34(31,32)20-14-8-16(2)9-15-20)22(28)24(33-26)23(30)18-10-12-19(27)13-11-18/h4-15,29H,3,28H2,1-2H3. The summed E-state index contributed by atoms with van der Waals surface area (Å²) in [5, 5.41) is 3.46. The Bertz CT molecular complexity index is 1460. The summed E-state index contributed by atoms with van der Waals surface area (Å²) < 4.78 is 40.7. The van der Waals surface area contributed by atoms with Crippen molar-refractivity contribution in [3.63, 3.8) is 0 Å². The molecule has 0 atom stereocenters. The highest BCUT2D eigenvalue weighted by Gasteiger charge is 2.32. The monoisotopic (exact) mass is 494 g/mol. The normalized spacial score (nSPS) is 11.4. The van der Waals surface area contributed by atoms with Gasteiger partial charge in [0, 0.05) is 11.3 Å². The van der Waals surface area contributed by atoms with Crippen LogP contribution in [0.1, 0.15) is 33.3 Å². The minimum Gasteiger partial charge on any atom is -0.396 e. The number of hydrogen-bond donors (Lipinski definition) is 2. The molecule has 34 heavy (non-hydrogen) atoms. The number of halogens is 1. The molecule has 0 unspecified atom stereocenters. The van der Waals surface area contributed by atoms with Crippen molar-refractivity contribution in [2.24, 2.45) is 0 Å². The number of thiophene rings is 1. The summed E-state index contributed by atoms with van der Waals surface area (Å²) in [7, 11) is -4.05. The Morgan fingerprint density at radius 1 is 1.00 bits per heavy atom. The Hall–Kier alpha value is -3.49. The van der Waals surface area contributed by atoms with Crippen molar-refractivity contribution < 1.29 is 17.6 Å². The van der Waals surface area contributed by atoms with Gasteiger partial charge in [0.25, 0.3) is 0 Å². The van der Waals surface area contributed by atoms with E-state index in [1.54, 1.807) is 12.1 Å². The Morgan fingerprint density at radius 3 is 2.29 bits per heavy atom. The van der Waals surface area contributed by atoms with Crippen LogP contribution in [0.2, 0.25) is 0 Å². The van der Waals surface area contributed by atoms with E-state index in [1.807, 2.05) is 38.1 Å². The maximum absolute atomic E-state index is 13.7. The van der Waals surface area contributed by atoms with Gasteiger partial charge in [0.2, 0.25) is 15.6 Å². The molecule has 1 heterocycles. The van der Waals surface area contributed by atoms with Crippen molar-refractivity contribution in [1.82, 2.24) is 0 Å². The molecule has 4 rings (SSSR count). The molecule has 3 N–H and O–H groups in total. The van der Waals surface area contributed by atoms with E-state index in [-0.39, 0.29) is 30.9 Å². The highest BCUT2D eigenvalue weighted by molar-refractivity contribution is 7.92. The van der Waals surface area contributed by atoms with Crippen LogP contribution in [0.15, 0.2) is 82.6 Å². The van der Waals surface area contributed by atoms with E-state index in [0.717, 1.165) is 34.6 Å². The number of benzene rings is 3. The molecule has 1 aromatic heterocycles. The third kappa shape index (κ3) is 4.47. The lowest BCUT2D eigenvalue weighted by Crippen LogP contribution is -2.08. The van der Waals surface area contributed by atoms with Gasteiger partial charge >= 0.3 is 0 Å². The first-order valence-electron chi connectivity index (χ1n) is 10.6. The van der Waals surface area contributed by atoms with Gasteiger partial charge in [-0.1, -0.05) is 42.8 Å². The van der Waals surface area contributed by atoms with Gasteiger partial charge in [0.15, 0.2) is 0 Å². The van der Waals surface area contributed by atoms with Crippen LogP contribution >= 0.6 is 11.3 Å². The molecule has 3 aromatic carbocycles. The second-order valence-corrected chi connectivity index (χ2v) is 10.7. The number of para-hydroxylation sites is 1. The Balaban J connectivity index is 1.90. The van der Waals surface area contributed by atoms with Gasteiger partial charge in [-0.05, 0) is 61.4 Å². The predicted molar refractivity (Wildman–Crippen MR) is 134 cm³/mol. The van der Waals surface area contributed by atoms with Gasteiger partial charge < -0.3 is 11.1 Å². The minimum atomic E-state index is -4.05. The number of anilines is 3. The molecule has 0 radical (unpaired) electrons. The molecule has 0 saturated heterocycles. The fraction of sp³-hybridized carbons (Fsp3) is 0.115. The molecule has 0 fully saturated rings. The van der Waals surface area contributed by atoms with E-state index in [0.29, 0.717) is 0 Å². The molecule has 0 bridgehead atoms. The van der Waals surface area contributed by atoms with Gasteiger partial charge in [-0.2, -0.15) is 0 Å². The highest BCUT2D eigenvalue weighted by atomic mass is 32.2. The molecule has 0 amide bonds. The summed E-state index contributed by atoms with van der Waals surface area (Å²) in [4.78, 5) is 13.2. The molecule has 0 aliphatic heterocycles. The second-order valence-electron chi connectivity index (χ2n) is 7.79. The van der Waals surface area contributed by atoms with Crippen molar-refractivity contribution in [2.75, 3.05) is 11.1 Å². The lowest BCUT2D eigenvalue weighted by Gasteiger charge is -2.12. The van der Waals surface area contributed by atoms with Crippen molar-refractivity contribution in [2.45, 2.75) is 30.1 Å². The highest BCUT2D eigenvalue weighted by Crippen LogP contribution is 2.44. The molecule has 0 spiro atoms. The zero-order valence-corrected chi connectivity index (χ0v) is 20.3. The fourth-order valence-corrected chi connectivity index (χ4v) is 6.51. The van der Waals surface area contributed by atoms with Crippen molar-refractivity contribution in [1.29, 1.82) is 0 Å². The first kappa shape index (κ1) is 23.7. The van der Waals surface area contributed by atoms with Gasteiger partial charge in [-0.25, -0.2) is 12.8 Å². The lowest BCUT2D eigenvalue weighted by molar-refractivity contribution is 0.104. The first-order chi connectivity index (χ1) is 16.2. The number of hydrogen-bond acceptors (Lipinski definition) is 6. The van der Waals surface area contributed by atoms with Gasteiger partial charge in [0.05, 0.1) is 10.6 Å². The Morgan fingerprint density at radius 2 is 1.65 bits per heavy atom. The number of sulfone groups is 1. The fourth-order valence-electron chi connectivity index (χ4n) is 3.59. The first-order valence-corrected chi connectivity index (χ1v) is 12.9. The van der Waals surface area contributed by atoms with Crippen LogP contribution in [0, 0.1) is 12.7 Å². The molecule has 174 valence electrons. The number of aryl methyl sites for hydroxylation is 2. The van der Waals surface area contributed by atoms with Crippen molar-refractivity contribution in [3.8, 4) is 0 Å². The second kappa shape index (κ2) is 9.40. The number of nitrogens with one attached hydrogen (secondary N) is 1. The SMILES string of the molecule is CCc1ccccc1Nc1sc(C(=O)c2ccc(F)cc2)c(N)c1S(=O)(=O)c1ccc(C)cc1. The van der Waals surface area contributed by atoms with Gasteiger partial charge in [-0.3, -0.25) is 4.79 Å². The third-order valence-electron chi connectivity index (χ3n) is 5.46. The van der Waals surface area contributed by atoms with Crippen LogP contribution in [-0.2, 0) is 16.3 Å². The van der Waals surface area contributed by atoms with E-state index < -0.39 is 21.4 Å². The zero-order chi connectivity index (χ0) is 24.5. The van der Waals surface area contributed by atoms with Crippen LogP contribution in [0.3, 0.4) is 0 Å². The number of carbonyl (C=O) groups is 1. The van der Waals surface area contributed by atoms with Gasteiger partial charge in [-0.15, -0.1) is 11.3 Å². The molecule has 5 nitrogen and oxygen atoms in total. The van der Waals surface area contributed by atoms with E-state index in [1.165, 1.54) is 36.4 Å². The summed E-state index contributed by atoms with van der Waals surface area (Å²) >= 11 is 0.973. The Labute approximate surface area is 202 Å². The number of nitrogen functional groups attached to an aromatic ring is 1. The van der Waals surface area contributed by atoms with E-state index in [9.17, 15) is 17.6 Å². The van der Waals surface area contributed by atoms with Crippen LogP contribution in [0.5, 0.6) is 0 Å². The smallest absolute Gasteiger partial charge is 0.211 e. The van der Waals surface area contributed by atoms with Crippen LogP contribution in [0.25, 0.3) is 0 Å². The summed E-state index contributed by atoms with van der Waals surface area (Å²) in [6.45, 7) is 3.86. The summed E-state index contributed by atoms with van der Waals surface area (Å²) in [5.74, 6) is -0.948. The third-order valence-corrected chi connectivity index (χ3v) is 8.56. The minimum absolute atomic E-state index is 0.0776. The van der Waals surface area contributed by atoms with Gasteiger partial charge in [0.1, 0.15) is 20.6 Å². The summed E-state index contributed by atoms with van der Waals surface area (Å²) in [6, 6.07) is 19.1. The number of rotatable bonds is 7. The number of ketones is 1. The molecular formula is C26H23FN2O3S2. The topological polar surface area (TPSA) is 89.3 Å². The summed E-state index contributed by atoms with van der Waals surface area (Å²) in [5.41, 5.74) is 9.07. The maximum atomic E-state index is 13.7.